The average Bonchev–Trinajstić information content (AvgIpc) is 2.72. The number of hydrogen-bond acceptors (Lipinski definition) is 3. The smallest absolute Gasteiger partial charge is 0.256 e. The van der Waals surface area contributed by atoms with Gasteiger partial charge in [-0.1, -0.05) is 55.1 Å². The molecule has 0 spiro atoms. The van der Waals surface area contributed by atoms with Crippen LogP contribution in [-0.4, -0.2) is 12.5 Å². The van der Waals surface area contributed by atoms with E-state index in [4.69, 9.17) is 4.74 Å². The Kier molecular flexibility index (Phi) is 6.72. The van der Waals surface area contributed by atoms with Crippen LogP contribution in [0, 0.1) is 0 Å². The molecule has 4 heteroatoms. The van der Waals surface area contributed by atoms with Crippen LogP contribution in [0.5, 0.6) is 5.75 Å². The second-order valence-corrected chi connectivity index (χ2v) is 6.87. The number of thioether (sulfide) groups is 1. The van der Waals surface area contributed by atoms with Crippen LogP contribution in [0.4, 0.5) is 5.69 Å². The first-order chi connectivity index (χ1) is 13.3. The monoisotopic (exact) mass is 375 g/mol. The molecule has 3 aromatic rings. The van der Waals surface area contributed by atoms with Gasteiger partial charge < -0.3 is 10.1 Å². The Bertz CT molecular complexity index is 892. The van der Waals surface area contributed by atoms with Gasteiger partial charge in [0.15, 0.2) is 0 Å². The van der Waals surface area contributed by atoms with Crippen molar-refractivity contribution in [2.24, 2.45) is 0 Å². The average molecular weight is 375 g/mol. The van der Waals surface area contributed by atoms with Gasteiger partial charge in [-0.2, -0.15) is 0 Å². The van der Waals surface area contributed by atoms with Crippen molar-refractivity contribution in [1.82, 2.24) is 0 Å². The molecule has 0 aliphatic heterocycles. The van der Waals surface area contributed by atoms with E-state index in [0.29, 0.717) is 12.2 Å². The van der Waals surface area contributed by atoms with Gasteiger partial charge in [0.25, 0.3) is 5.91 Å². The zero-order valence-corrected chi connectivity index (χ0v) is 15.7. The van der Waals surface area contributed by atoms with Gasteiger partial charge in [0.1, 0.15) is 12.4 Å². The molecule has 0 bridgehead atoms. The van der Waals surface area contributed by atoms with Crippen LogP contribution < -0.4 is 10.1 Å². The lowest BCUT2D eigenvalue weighted by atomic mass is 10.2. The van der Waals surface area contributed by atoms with Gasteiger partial charge in [-0.25, -0.2) is 0 Å². The van der Waals surface area contributed by atoms with Crippen molar-refractivity contribution >= 4 is 23.4 Å². The third-order valence-electron chi connectivity index (χ3n) is 3.85. The Morgan fingerprint density at radius 1 is 0.963 bits per heavy atom. The molecular formula is C23H21NO2S. The van der Waals surface area contributed by atoms with Crippen LogP contribution in [0.15, 0.2) is 96.4 Å². The second-order valence-electron chi connectivity index (χ2n) is 5.85. The van der Waals surface area contributed by atoms with Crippen molar-refractivity contribution < 1.29 is 9.53 Å². The van der Waals surface area contributed by atoms with Crippen LogP contribution in [0.25, 0.3) is 0 Å². The zero-order valence-electron chi connectivity index (χ0n) is 14.9. The molecule has 3 aromatic carbocycles. The van der Waals surface area contributed by atoms with E-state index in [1.165, 1.54) is 5.56 Å². The third kappa shape index (κ3) is 5.50. The normalized spacial score (nSPS) is 10.2. The lowest BCUT2D eigenvalue weighted by Crippen LogP contribution is -2.13. The van der Waals surface area contributed by atoms with Gasteiger partial charge in [0, 0.05) is 16.3 Å². The Balaban J connectivity index is 1.66. The molecule has 27 heavy (non-hydrogen) atoms. The van der Waals surface area contributed by atoms with E-state index in [1.807, 2.05) is 66.7 Å². The highest BCUT2D eigenvalue weighted by molar-refractivity contribution is 7.98. The van der Waals surface area contributed by atoms with Crippen LogP contribution >= 0.6 is 11.8 Å². The molecule has 0 aromatic heterocycles. The van der Waals surface area contributed by atoms with Gasteiger partial charge in [-0.3, -0.25) is 4.79 Å². The number of anilines is 1. The first-order valence-electron chi connectivity index (χ1n) is 8.67. The Hall–Kier alpha value is -2.98. The highest BCUT2D eigenvalue weighted by atomic mass is 32.2. The third-order valence-corrected chi connectivity index (χ3v) is 4.99. The molecule has 0 saturated carbocycles. The fourth-order valence-electron chi connectivity index (χ4n) is 2.50. The van der Waals surface area contributed by atoms with Crippen molar-refractivity contribution in [3.63, 3.8) is 0 Å². The first kappa shape index (κ1) is 18.8. The van der Waals surface area contributed by atoms with E-state index >= 15 is 0 Å². The number of nitrogens with one attached hydrogen (secondary N) is 1. The molecule has 0 atom stereocenters. The Morgan fingerprint density at radius 3 is 2.41 bits per heavy atom. The minimum absolute atomic E-state index is 0.120. The van der Waals surface area contributed by atoms with Crippen molar-refractivity contribution in [2.75, 3.05) is 11.9 Å². The largest absolute Gasteiger partial charge is 0.490 e. The summed E-state index contributed by atoms with van der Waals surface area (Å²) < 4.78 is 5.46. The number of carbonyl (C=O) groups is 1. The SMILES string of the molecule is C=CCOc1ccc(NC(=O)c2ccccc2SCc2ccccc2)cc1. The second kappa shape index (κ2) is 9.64. The summed E-state index contributed by atoms with van der Waals surface area (Å²) in [5.74, 6) is 1.44. The maximum atomic E-state index is 12.7. The highest BCUT2D eigenvalue weighted by Crippen LogP contribution is 2.27. The summed E-state index contributed by atoms with van der Waals surface area (Å²) >= 11 is 1.66. The molecule has 1 N–H and O–H groups in total. The van der Waals surface area contributed by atoms with Crippen molar-refractivity contribution in [1.29, 1.82) is 0 Å². The molecule has 0 saturated heterocycles. The van der Waals surface area contributed by atoms with Crippen LogP contribution in [0.3, 0.4) is 0 Å². The molecule has 3 rings (SSSR count). The van der Waals surface area contributed by atoms with Crippen LogP contribution in [0.2, 0.25) is 0 Å². The summed E-state index contributed by atoms with van der Waals surface area (Å²) in [5, 5.41) is 2.95. The maximum absolute atomic E-state index is 12.7. The number of rotatable bonds is 8. The van der Waals surface area contributed by atoms with Gasteiger partial charge in [-0.05, 0) is 42.0 Å². The molecule has 1 amide bonds. The summed E-state index contributed by atoms with van der Waals surface area (Å²) in [6.07, 6.45) is 1.69. The highest BCUT2D eigenvalue weighted by Gasteiger charge is 2.12. The first-order valence-corrected chi connectivity index (χ1v) is 9.65. The maximum Gasteiger partial charge on any atom is 0.256 e. The Morgan fingerprint density at radius 2 is 1.67 bits per heavy atom. The number of amides is 1. The summed E-state index contributed by atoms with van der Waals surface area (Å²) in [6, 6.07) is 25.2. The fourth-order valence-corrected chi connectivity index (χ4v) is 3.51. The summed E-state index contributed by atoms with van der Waals surface area (Å²) in [6.45, 7) is 4.08. The molecule has 0 aliphatic carbocycles. The van der Waals surface area contributed by atoms with E-state index in [1.54, 1.807) is 17.8 Å². The summed E-state index contributed by atoms with van der Waals surface area (Å²) in [7, 11) is 0. The van der Waals surface area contributed by atoms with E-state index in [-0.39, 0.29) is 5.91 Å². The summed E-state index contributed by atoms with van der Waals surface area (Å²) in [4.78, 5) is 13.7. The number of hydrogen-bond donors (Lipinski definition) is 1. The topological polar surface area (TPSA) is 38.3 Å². The lowest BCUT2D eigenvalue weighted by molar-refractivity contribution is 0.102. The molecule has 0 unspecified atom stereocenters. The van der Waals surface area contributed by atoms with Gasteiger partial charge in [-0.15, -0.1) is 11.8 Å². The van der Waals surface area contributed by atoms with Crippen LogP contribution in [-0.2, 0) is 5.75 Å². The Labute approximate surface area is 164 Å². The predicted molar refractivity (Wildman–Crippen MR) is 113 cm³/mol. The lowest BCUT2D eigenvalue weighted by Gasteiger charge is -2.11. The minimum atomic E-state index is -0.120. The van der Waals surface area contributed by atoms with Crippen molar-refractivity contribution in [3.05, 3.63) is 103 Å². The van der Waals surface area contributed by atoms with Gasteiger partial charge in [0.2, 0.25) is 0 Å². The summed E-state index contributed by atoms with van der Waals surface area (Å²) in [5.41, 5.74) is 2.63. The zero-order chi connectivity index (χ0) is 18.9. The van der Waals surface area contributed by atoms with E-state index in [2.05, 4.69) is 24.0 Å². The molecular weight excluding hydrogens is 354 g/mol. The van der Waals surface area contributed by atoms with E-state index < -0.39 is 0 Å². The number of carbonyl (C=O) groups excluding carboxylic acids is 1. The van der Waals surface area contributed by atoms with E-state index in [0.717, 1.165) is 22.1 Å². The number of benzene rings is 3. The molecule has 0 radical (unpaired) electrons. The van der Waals surface area contributed by atoms with Gasteiger partial charge >= 0.3 is 0 Å². The molecule has 136 valence electrons. The van der Waals surface area contributed by atoms with Crippen molar-refractivity contribution in [3.8, 4) is 5.75 Å². The van der Waals surface area contributed by atoms with Crippen LogP contribution in [0.1, 0.15) is 15.9 Å². The van der Waals surface area contributed by atoms with Gasteiger partial charge in [0.05, 0.1) is 5.56 Å². The number of ether oxygens (including phenoxy) is 1. The van der Waals surface area contributed by atoms with Crippen molar-refractivity contribution in [2.45, 2.75) is 10.6 Å². The molecule has 0 fully saturated rings. The fraction of sp³-hybridized carbons (Fsp3) is 0.0870. The predicted octanol–water partition coefficient (Wildman–Crippen LogP) is 5.80. The quantitative estimate of drug-likeness (QED) is 0.400. The minimum Gasteiger partial charge on any atom is -0.490 e. The molecule has 0 aliphatic rings. The van der Waals surface area contributed by atoms with E-state index in [9.17, 15) is 4.79 Å². The molecule has 0 heterocycles. The standard InChI is InChI=1S/C23H21NO2S/c1-2-16-26-20-14-12-19(13-15-20)24-23(25)21-10-6-7-11-22(21)27-17-18-8-4-3-5-9-18/h2-15H,1,16-17H2,(H,24,25). The molecule has 3 nitrogen and oxygen atoms in total.